The van der Waals surface area contributed by atoms with Crippen molar-refractivity contribution in [2.75, 3.05) is 19.5 Å². The number of hydrogen-bond acceptors (Lipinski definition) is 11. The van der Waals surface area contributed by atoms with E-state index in [0.29, 0.717) is 10.3 Å². The van der Waals surface area contributed by atoms with Gasteiger partial charge in [-0.25, -0.2) is 28.0 Å². The molecule has 0 amide bonds. The molecule has 2 heterocycles. The molecule has 0 aliphatic heterocycles. The van der Waals surface area contributed by atoms with Gasteiger partial charge in [0.05, 0.1) is 12.2 Å². The molecule has 0 bridgehead atoms. The van der Waals surface area contributed by atoms with Crippen LogP contribution in [0.15, 0.2) is 43.0 Å². The zero-order valence-electron chi connectivity index (χ0n) is 23.0. The van der Waals surface area contributed by atoms with Gasteiger partial charge < -0.3 is 18.9 Å². The molecular formula is C27H26Cl2F2N3O9S+. The lowest BCUT2D eigenvalue weighted by molar-refractivity contribution is -0.904. The second-order valence-corrected chi connectivity index (χ2v) is 12.8. The lowest BCUT2D eigenvalue weighted by Crippen LogP contribution is -2.29. The maximum absolute atomic E-state index is 13.0. The highest BCUT2D eigenvalue weighted by molar-refractivity contribution is 7.89. The van der Waals surface area contributed by atoms with Gasteiger partial charge in [0.1, 0.15) is 27.7 Å². The summed E-state index contributed by atoms with van der Waals surface area (Å²) in [6.45, 7) is -3.68. The quantitative estimate of drug-likeness (QED) is 0.150. The molecule has 1 atom stereocenters. The SMILES string of the molecule is CS(=O)(=O)Cc1ncc(C(=O)OCC(=O)O[C@@H](Cc2c(Cl)c[n+](O)cc2Cl)c2ccc(OC(F)F)c(OCC3CC3)c2)cn1. The Morgan fingerprint density at radius 1 is 1.11 bits per heavy atom. The third kappa shape index (κ3) is 9.86. The summed E-state index contributed by atoms with van der Waals surface area (Å²) >= 11 is 12.6. The minimum Gasteiger partial charge on any atom is -0.489 e. The molecule has 0 unspecified atom stereocenters. The molecule has 1 aromatic carbocycles. The molecule has 17 heteroatoms. The number of aromatic nitrogens is 3. The van der Waals surface area contributed by atoms with Crippen molar-refractivity contribution in [3.05, 3.63) is 75.5 Å². The first-order valence-electron chi connectivity index (χ1n) is 12.9. The summed E-state index contributed by atoms with van der Waals surface area (Å²) in [5.74, 6) is -2.35. The first kappa shape index (κ1) is 33.1. The molecule has 1 aliphatic rings. The van der Waals surface area contributed by atoms with E-state index in [0.717, 1.165) is 43.9 Å². The number of rotatable bonds is 14. The van der Waals surface area contributed by atoms with E-state index in [1.807, 2.05) is 0 Å². The van der Waals surface area contributed by atoms with Gasteiger partial charge >= 0.3 is 18.6 Å². The molecule has 4 rings (SSSR count). The summed E-state index contributed by atoms with van der Waals surface area (Å²) in [5, 5.41) is 9.80. The summed E-state index contributed by atoms with van der Waals surface area (Å²) in [5.41, 5.74) is 0.437. The topological polar surface area (TPSA) is 155 Å². The molecule has 236 valence electrons. The van der Waals surface area contributed by atoms with Gasteiger partial charge in [0.2, 0.25) is 12.4 Å². The van der Waals surface area contributed by atoms with Gasteiger partial charge in [-0.1, -0.05) is 29.3 Å². The van der Waals surface area contributed by atoms with Crippen molar-refractivity contribution in [2.45, 2.75) is 37.7 Å². The monoisotopic (exact) mass is 676 g/mol. The predicted octanol–water partition coefficient (Wildman–Crippen LogP) is 3.93. The zero-order chi connectivity index (χ0) is 32.0. The van der Waals surface area contributed by atoms with E-state index in [2.05, 4.69) is 14.7 Å². The third-order valence-corrected chi connectivity index (χ3v) is 7.55. The fraction of sp³-hybridized carbons (Fsp3) is 0.370. The van der Waals surface area contributed by atoms with Crippen LogP contribution in [0.2, 0.25) is 10.0 Å². The van der Waals surface area contributed by atoms with Crippen LogP contribution >= 0.6 is 23.2 Å². The number of sulfone groups is 1. The Bertz CT molecular complexity index is 1600. The van der Waals surface area contributed by atoms with Crippen molar-refractivity contribution in [1.29, 1.82) is 0 Å². The average Bonchev–Trinajstić information content (AvgIpc) is 3.76. The summed E-state index contributed by atoms with van der Waals surface area (Å²) in [4.78, 5) is 32.9. The molecule has 3 aromatic rings. The number of halogens is 4. The van der Waals surface area contributed by atoms with Gasteiger partial charge in [-0.15, -0.1) is 0 Å². The number of nitrogens with zero attached hydrogens (tertiary/aromatic N) is 3. The number of hydrogen-bond donors (Lipinski definition) is 1. The van der Waals surface area contributed by atoms with E-state index in [9.17, 15) is 32.0 Å². The van der Waals surface area contributed by atoms with Crippen LogP contribution < -0.4 is 14.2 Å². The number of alkyl halides is 2. The molecule has 0 saturated heterocycles. The Kier molecular flexibility index (Phi) is 10.8. The Morgan fingerprint density at radius 2 is 1.77 bits per heavy atom. The lowest BCUT2D eigenvalue weighted by Gasteiger charge is -2.21. The third-order valence-electron chi connectivity index (χ3n) is 6.11. The number of pyridine rings is 1. The highest BCUT2D eigenvalue weighted by atomic mass is 35.5. The predicted molar refractivity (Wildman–Crippen MR) is 149 cm³/mol. The van der Waals surface area contributed by atoms with Crippen molar-refractivity contribution in [3.8, 4) is 11.5 Å². The van der Waals surface area contributed by atoms with Gasteiger partial charge in [0.25, 0.3) is 0 Å². The van der Waals surface area contributed by atoms with Crippen LogP contribution in [0.25, 0.3) is 0 Å². The van der Waals surface area contributed by atoms with Crippen LogP contribution in [0.5, 0.6) is 11.5 Å². The standard InChI is InChI=1S/C27H26Cl2F2N3O9S/c1-44(38,39)14-24-32-8-17(9-33-24)26(36)41-13-25(35)42-22(7-18-19(28)10-34(37)11-20(18)29)16-4-5-21(43-27(30)31)23(6-16)40-12-15-2-3-15/h4-6,8-11,15,22,27,37H,2-3,7,12-14H2,1H3/q+1/t22-/m0/s1. The summed E-state index contributed by atoms with van der Waals surface area (Å²) in [6.07, 6.45) is 6.05. The highest BCUT2D eigenvalue weighted by Crippen LogP contribution is 2.37. The normalized spacial score (nSPS) is 13.8. The highest BCUT2D eigenvalue weighted by Gasteiger charge is 2.27. The van der Waals surface area contributed by atoms with Crippen LogP contribution in [0.3, 0.4) is 0 Å². The van der Waals surface area contributed by atoms with E-state index in [1.165, 1.54) is 18.2 Å². The number of esters is 2. The van der Waals surface area contributed by atoms with Crippen LogP contribution in [-0.4, -0.2) is 61.6 Å². The molecule has 44 heavy (non-hydrogen) atoms. The van der Waals surface area contributed by atoms with E-state index in [-0.39, 0.29) is 57.4 Å². The average molecular weight is 677 g/mol. The van der Waals surface area contributed by atoms with Crippen molar-refractivity contribution in [3.63, 3.8) is 0 Å². The molecule has 0 radical (unpaired) electrons. The van der Waals surface area contributed by atoms with Crippen LogP contribution in [-0.2, 0) is 36.3 Å². The smallest absolute Gasteiger partial charge is 0.387 e. The number of carbonyl (C=O) groups excluding carboxylic acids is 2. The Hall–Kier alpha value is -3.82. The minimum atomic E-state index is -3.39. The van der Waals surface area contributed by atoms with Crippen LogP contribution in [0.4, 0.5) is 8.78 Å². The first-order chi connectivity index (χ1) is 20.8. The maximum Gasteiger partial charge on any atom is 0.387 e. The molecule has 1 aliphatic carbocycles. The van der Waals surface area contributed by atoms with E-state index < -0.39 is 46.9 Å². The Balaban J connectivity index is 1.53. The summed E-state index contributed by atoms with van der Waals surface area (Å²) < 4.78 is 70.5. The van der Waals surface area contributed by atoms with E-state index in [4.69, 9.17) is 37.4 Å². The summed E-state index contributed by atoms with van der Waals surface area (Å²) in [6, 6.07) is 4.02. The maximum atomic E-state index is 13.0. The molecule has 1 N–H and O–H groups in total. The molecule has 1 saturated carbocycles. The molecule has 12 nitrogen and oxygen atoms in total. The van der Waals surface area contributed by atoms with Gasteiger partial charge in [0, 0.05) is 35.4 Å². The van der Waals surface area contributed by atoms with Crippen molar-refractivity contribution >= 4 is 45.0 Å². The van der Waals surface area contributed by atoms with Gasteiger partial charge in [-0.05, 0) is 36.5 Å². The van der Waals surface area contributed by atoms with Crippen molar-refractivity contribution < 1.29 is 55.7 Å². The Morgan fingerprint density at radius 3 is 2.36 bits per heavy atom. The van der Waals surface area contributed by atoms with Crippen LogP contribution in [0, 0.1) is 5.92 Å². The number of carbonyl (C=O) groups is 2. The number of benzene rings is 1. The van der Waals surface area contributed by atoms with Gasteiger partial charge in [-0.3, -0.25) is 5.21 Å². The first-order valence-corrected chi connectivity index (χ1v) is 15.7. The number of ether oxygens (including phenoxy) is 4. The van der Waals surface area contributed by atoms with E-state index in [1.54, 1.807) is 0 Å². The molecule has 0 spiro atoms. The largest absolute Gasteiger partial charge is 0.489 e. The Labute approximate surface area is 260 Å². The molecule has 2 aromatic heterocycles. The van der Waals surface area contributed by atoms with E-state index >= 15 is 0 Å². The zero-order valence-corrected chi connectivity index (χ0v) is 25.3. The van der Waals surface area contributed by atoms with Crippen LogP contribution in [0.1, 0.15) is 46.3 Å². The van der Waals surface area contributed by atoms with Crippen molar-refractivity contribution in [1.82, 2.24) is 9.97 Å². The second-order valence-electron chi connectivity index (χ2n) is 9.87. The minimum absolute atomic E-state index is 0.0000443. The molecule has 1 fully saturated rings. The van der Waals surface area contributed by atoms with Gasteiger partial charge in [0.15, 0.2) is 27.9 Å². The van der Waals surface area contributed by atoms with Gasteiger partial charge in [-0.2, -0.15) is 8.78 Å². The second kappa shape index (κ2) is 14.3. The fourth-order valence-corrected chi connectivity index (χ4v) is 5.06. The molecular weight excluding hydrogens is 651 g/mol. The fourth-order valence-electron chi connectivity index (χ4n) is 3.84. The summed E-state index contributed by atoms with van der Waals surface area (Å²) in [7, 11) is -3.39. The lowest BCUT2D eigenvalue weighted by atomic mass is 10.0. The van der Waals surface area contributed by atoms with Crippen molar-refractivity contribution in [2.24, 2.45) is 5.92 Å².